The second kappa shape index (κ2) is 9.52. The lowest BCUT2D eigenvalue weighted by molar-refractivity contribution is 0.0583. The van der Waals surface area contributed by atoms with Crippen molar-refractivity contribution in [3.63, 3.8) is 0 Å². The van der Waals surface area contributed by atoms with Gasteiger partial charge in [0.2, 0.25) is 0 Å². The standard InChI is InChI=1S/C24H25FN8O/c25-19-5-6-22(27-14-19)18-13-30-31(15-18)16-20-3-1-2-10-32(20)24(34)21-11-17(12-26)4-7-23(21)33-28-8-9-29-33/h4-9,11,13-15,20H,1-3,10,12,16,26H2/t20-/m0/s1. The molecule has 4 heterocycles. The molecule has 4 aromatic rings. The van der Waals surface area contributed by atoms with Crippen LogP contribution in [0, 0.1) is 5.82 Å². The fraction of sp³-hybridized carbons (Fsp3) is 0.292. The summed E-state index contributed by atoms with van der Waals surface area (Å²) < 4.78 is 15.0. The highest BCUT2D eigenvalue weighted by Crippen LogP contribution is 2.25. The van der Waals surface area contributed by atoms with E-state index in [-0.39, 0.29) is 17.8 Å². The van der Waals surface area contributed by atoms with E-state index in [0.717, 1.165) is 30.4 Å². The Morgan fingerprint density at radius 3 is 2.71 bits per heavy atom. The van der Waals surface area contributed by atoms with Crippen molar-refractivity contribution >= 4 is 5.91 Å². The summed E-state index contributed by atoms with van der Waals surface area (Å²) in [5, 5.41) is 12.9. The van der Waals surface area contributed by atoms with Crippen LogP contribution < -0.4 is 5.73 Å². The molecular formula is C24H25FN8O. The van der Waals surface area contributed by atoms with Crippen molar-refractivity contribution in [1.82, 2.24) is 34.7 Å². The van der Waals surface area contributed by atoms with Crippen molar-refractivity contribution in [2.24, 2.45) is 5.73 Å². The lowest BCUT2D eigenvalue weighted by Crippen LogP contribution is -2.46. The number of amides is 1. The second-order valence-electron chi connectivity index (χ2n) is 8.34. The van der Waals surface area contributed by atoms with E-state index in [2.05, 4.69) is 20.3 Å². The average Bonchev–Trinajstić information content (AvgIpc) is 3.57. The van der Waals surface area contributed by atoms with Crippen LogP contribution in [0.1, 0.15) is 35.2 Å². The van der Waals surface area contributed by atoms with Crippen LogP contribution >= 0.6 is 0 Å². The molecule has 3 aromatic heterocycles. The van der Waals surface area contributed by atoms with Gasteiger partial charge in [0.15, 0.2) is 0 Å². The van der Waals surface area contributed by atoms with Crippen molar-refractivity contribution in [3.8, 4) is 16.9 Å². The van der Waals surface area contributed by atoms with Crippen LogP contribution in [-0.4, -0.2) is 53.2 Å². The number of carbonyl (C=O) groups excluding carboxylic acids is 1. The molecule has 1 fully saturated rings. The lowest BCUT2D eigenvalue weighted by Gasteiger charge is -2.36. The average molecular weight is 461 g/mol. The fourth-order valence-electron chi connectivity index (χ4n) is 4.37. The number of benzene rings is 1. The summed E-state index contributed by atoms with van der Waals surface area (Å²) in [7, 11) is 0. The normalized spacial score (nSPS) is 16.1. The first kappa shape index (κ1) is 21.9. The van der Waals surface area contributed by atoms with Crippen LogP contribution in [0.5, 0.6) is 0 Å². The Hall–Kier alpha value is -3.92. The number of likely N-dealkylation sites (tertiary alicyclic amines) is 1. The summed E-state index contributed by atoms with van der Waals surface area (Å²) in [4.78, 5) is 21.3. The number of nitrogens with zero attached hydrogens (tertiary/aromatic N) is 7. The third-order valence-electron chi connectivity index (χ3n) is 6.10. The molecule has 1 aromatic carbocycles. The maximum absolute atomic E-state index is 13.8. The number of halogens is 1. The lowest BCUT2D eigenvalue weighted by atomic mass is 9.99. The van der Waals surface area contributed by atoms with Crippen molar-refractivity contribution in [2.45, 2.75) is 38.4 Å². The van der Waals surface area contributed by atoms with Gasteiger partial charge in [-0.1, -0.05) is 6.07 Å². The molecule has 1 aliphatic heterocycles. The third-order valence-corrected chi connectivity index (χ3v) is 6.10. The fourth-order valence-corrected chi connectivity index (χ4v) is 4.37. The van der Waals surface area contributed by atoms with Gasteiger partial charge in [-0.15, -0.1) is 0 Å². The molecule has 1 atom stereocenters. The summed E-state index contributed by atoms with van der Waals surface area (Å²) in [5.41, 5.74) is 9.34. The minimum atomic E-state index is -0.379. The van der Waals surface area contributed by atoms with E-state index in [4.69, 9.17) is 5.73 Å². The van der Waals surface area contributed by atoms with Crippen LogP contribution in [0.4, 0.5) is 4.39 Å². The Morgan fingerprint density at radius 2 is 1.94 bits per heavy atom. The Labute approximate surface area is 196 Å². The van der Waals surface area contributed by atoms with Gasteiger partial charge in [-0.05, 0) is 49.1 Å². The highest BCUT2D eigenvalue weighted by atomic mass is 19.1. The molecule has 5 rings (SSSR count). The quantitative estimate of drug-likeness (QED) is 0.474. The zero-order valence-corrected chi connectivity index (χ0v) is 18.6. The monoisotopic (exact) mass is 460 g/mol. The van der Waals surface area contributed by atoms with E-state index < -0.39 is 0 Å². The molecular weight excluding hydrogens is 435 g/mol. The van der Waals surface area contributed by atoms with E-state index in [1.807, 2.05) is 34.0 Å². The number of hydrogen-bond acceptors (Lipinski definition) is 6. The third kappa shape index (κ3) is 4.44. The number of carbonyl (C=O) groups is 1. The van der Waals surface area contributed by atoms with Crippen LogP contribution in [0.15, 0.2) is 61.3 Å². The summed E-state index contributed by atoms with van der Waals surface area (Å²) in [6, 6.07) is 8.54. The van der Waals surface area contributed by atoms with E-state index >= 15 is 0 Å². The maximum atomic E-state index is 13.8. The van der Waals surface area contributed by atoms with Crippen molar-refractivity contribution in [3.05, 3.63) is 78.3 Å². The number of piperidine rings is 1. The smallest absolute Gasteiger partial charge is 0.256 e. The number of hydrogen-bond donors (Lipinski definition) is 1. The van der Waals surface area contributed by atoms with Gasteiger partial charge in [0.05, 0.1) is 54.3 Å². The van der Waals surface area contributed by atoms with Gasteiger partial charge in [0.25, 0.3) is 5.91 Å². The highest BCUT2D eigenvalue weighted by Gasteiger charge is 2.30. The molecule has 9 nitrogen and oxygen atoms in total. The van der Waals surface area contributed by atoms with Crippen molar-refractivity contribution in [2.75, 3.05) is 6.54 Å². The Morgan fingerprint density at radius 1 is 1.09 bits per heavy atom. The zero-order valence-electron chi connectivity index (χ0n) is 18.6. The summed E-state index contributed by atoms with van der Waals surface area (Å²) in [5.74, 6) is -0.448. The first-order valence-corrected chi connectivity index (χ1v) is 11.3. The summed E-state index contributed by atoms with van der Waals surface area (Å²) >= 11 is 0. The topological polar surface area (TPSA) is 108 Å². The van der Waals surface area contributed by atoms with E-state index in [1.54, 1.807) is 24.7 Å². The minimum Gasteiger partial charge on any atom is -0.334 e. The molecule has 2 N–H and O–H groups in total. The molecule has 1 aliphatic rings. The molecule has 1 amide bonds. The molecule has 0 spiro atoms. The predicted molar refractivity (Wildman–Crippen MR) is 123 cm³/mol. The first-order valence-electron chi connectivity index (χ1n) is 11.3. The molecule has 0 bridgehead atoms. The molecule has 1 saturated heterocycles. The molecule has 34 heavy (non-hydrogen) atoms. The largest absolute Gasteiger partial charge is 0.334 e. The number of aromatic nitrogens is 6. The van der Waals surface area contributed by atoms with Gasteiger partial charge in [-0.25, -0.2) is 4.39 Å². The van der Waals surface area contributed by atoms with Crippen LogP contribution in [0.2, 0.25) is 0 Å². The van der Waals surface area contributed by atoms with Crippen LogP contribution in [0.25, 0.3) is 16.9 Å². The number of nitrogens with two attached hydrogens (primary N) is 1. The number of rotatable bonds is 6. The maximum Gasteiger partial charge on any atom is 0.256 e. The molecule has 10 heteroatoms. The highest BCUT2D eigenvalue weighted by molar-refractivity contribution is 5.98. The summed E-state index contributed by atoms with van der Waals surface area (Å²) in [6.07, 6.45) is 10.8. The first-order chi connectivity index (χ1) is 16.6. The second-order valence-corrected chi connectivity index (χ2v) is 8.34. The molecule has 0 saturated carbocycles. The van der Waals surface area contributed by atoms with Gasteiger partial charge >= 0.3 is 0 Å². The summed E-state index contributed by atoms with van der Waals surface area (Å²) in [6.45, 7) is 1.55. The molecule has 0 unspecified atom stereocenters. The van der Waals surface area contributed by atoms with Crippen LogP contribution in [-0.2, 0) is 13.1 Å². The van der Waals surface area contributed by atoms with Gasteiger partial charge in [0.1, 0.15) is 5.82 Å². The van der Waals surface area contributed by atoms with E-state index in [1.165, 1.54) is 17.1 Å². The van der Waals surface area contributed by atoms with Gasteiger partial charge in [-0.3, -0.25) is 14.5 Å². The van der Waals surface area contributed by atoms with Crippen LogP contribution in [0.3, 0.4) is 0 Å². The Bertz CT molecular complexity index is 1270. The Kier molecular flexibility index (Phi) is 6.13. The Balaban J connectivity index is 1.40. The van der Waals surface area contributed by atoms with Crippen molar-refractivity contribution < 1.29 is 9.18 Å². The van der Waals surface area contributed by atoms with Gasteiger partial charge in [0, 0.05) is 24.8 Å². The molecule has 0 radical (unpaired) electrons. The molecule has 0 aliphatic carbocycles. The zero-order chi connectivity index (χ0) is 23.5. The van der Waals surface area contributed by atoms with E-state index in [0.29, 0.717) is 36.6 Å². The minimum absolute atomic E-state index is 0.0184. The van der Waals surface area contributed by atoms with Crippen molar-refractivity contribution in [1.29, 1.82) is 0 Å². The van der Waals surface area contributed by atoms with E-state index in [9.17, 15) is 9.18 Å². The molecule has 174 valence electrons. The predicted octanol–water partition coefficient (Wildman–Crippen LogP) is 2.82. The SMILES string of the molecule is NCc1ccc(-n2nccn2)c(C(=O)N2CCCC[C@H]2Cn2cc(-c3ccc(F)cn3)cn2)c1. The van der Waals surface area contributed by atoms with Gasteiger partial charge in [-0.2, -0.15) is 20.1 Å². The van der Waals surface area contributed by atoms with Gasteiger partial charge < -0.3 is 10.6 Å². The number of pyridine rings is 1.